The molecule has 0 aromatic rings. The summed E-state index contributed by atoms with van der Waals surface area (Å²) in [4.78, 5) is 11.4. The molecule has 3 fully saturated rings. The van der Waals surface area contributed by atoms with E-state index in [1.54, 1.807) is 0 Å². The summed E-state index contributed by atoms with van der Waals surface area (Å²) in [6.07, 6.45) is 20.6. The molecule has 3 rings (SSSR count). The van der Waals surface area contributed by atoms with Crippen LogP contribution in [0.15, 0.2) is 23.8 Å². The van der Waals surface area contributed by atoms with Crippen molar-refractivity contribution in [3.05, 3.63) is 23.8 Å². The van der Waals surface area contributed by atoms with Crippen LogP contribution in [0.4, 0.5) is 0 Å². The largest absolute Gasteiger partial charge is 0.469 e. The maximum absolute atomic E-state index is 11.4. The summed E-state index contributed by atoms with van der Waals surface area (Å²) in [6.45, 7) is 8.12. The van der Waals surface area contributed by atoms with Gasteiger partial charge < -0.3 is 23.7 Å². The second-order valence-electron chi connectivity index (χ2n) is 12.3. The molecule has 0 N–H and O–H groups in total. The van der Waals surface area contributed by atoms with Gasteiger partial charge in [-0.1, -0.05) is 50.0 Å². The molecule has 230 valence electrons. The van der Waals surface area contributed by atoms with E-state index in [0.717, 1.165) is 96.7 Å². The highest BCUT2D eigenvalue weighted by atomic mass is 35.5. The van der Waals surface area contributed by atoms with E-state index in [9.17, 15) is 4.79 Å². The molecule has 3 aliphatic rings. The van der Waals surface area contributed by atoms with Crippen LogP contribution in [-0.4, -0.2) is 56.5 Å². The summed E-state index contributed by atoms with van der Waals surface area (Å²) < 4.78 is 29.8. The first-order chi connectivity index (χ1) is 19.4. The van der Waals surface area contributed by atoms with Gasteiger partial charge in [-0.05, 0) is 89.9 Å². The standard InChI is InChI=1S/C33H55ClO6/c1-24(2)17-18-25(3)29(39-32-15-9-11-21-37-32)20-19-27-26(13-7-5-6-8-14-31(35)36-4)28(34)23-30(27)40-33-16-10-12-22-38-33/h17,19-20,25-30,32-33H,5-16,18,21-23H2,1-4H3/t25?,26-,27-,28-,29-,30-,32?,33?/m1/s1. The number of unbranched alkanes of at least 4 members (excludes halogenated alkanes) is 3. The van der Waals surface area contributed by atoms with Gasteiger partial charge in [-0.15, -0.1) is 11.6 Å². The van der Waals surface area contributed by atoms with Crippen LogP contribution in [0, 0.1) is 17.8 Å². The topological polar surface area (TPSA) is 63.2 Å². The van der Waals surface area contributed by atoms with Gasteiger partial charge in [-0.3, -0.25) is 4.79 Å². The van der Waals surface area contributed by atoms with E-state index in [4.69, 9.17) is 35.3 Å². The van der Waals surface area contributed by atoms with Crippen molar-refractivity contribution in [1.82, 2.24) is 0 Å². The number of rotatable bonds is 16. The second kappa shape index (κ2) is 18.6. The normalized spacial score (nSPS) is 30.7. The van der Waals surface area contributed by atoms with Crippen LogP contribution in [0.2, 0.25) is 0 Å². The third kappa shape index (κ3) is 11.8. The van der Waals surface area contributed by atoms with Crippen LogP contribution in [0.25, 0.3) is 0 Å². The van der Waals surface area contributed by atoms with Gasteiger partial charge in [0.2, 0.25) is 0 Å². The minimum absolute atomic E-state index is 0.0290. The van der Waals surface area contributed by atoms with E-state index in [0.29, 0.717) is 18.3 Å². The minimum atomic E-state index is -0.134. The average Bonchev–Trinajstić information content (AvgIpc) is 3.25. The molecule has 1 saturated carbocycles. The number of esters is 1. The molecule has 0 bridgehead atoms. The number of allylic oxidation sites excluding steroid dienone is 2. The molecule has 3 unspecified atom stereocenters. The molecule has 0 aromatic carbocycles. The van der Waals surface area contributed by atoms with Crippen molar-refractivity contribution in [2.75, 3.05) is 20.3 Å². The third-order valence-corrected chi connectivity index (χ3v) is 9.14. The molecule has 0 amide bonds. The molecule has 2 saturated heterocycles. The molecule has 2 aliphatic heterocycles. The Hall–Kier alpha value is -0.920. The van der Waals surface area contributed by atoms with E-state index in [1.165, 1.54) is 12.7 Å². The summed E-state index contributed by atoms with van der Waals surface area (Å²) >= 11 is 7.03. The van der Waals surface area contributed by atoms with E-state index < -0.39 is 0 Å². The quantitative estimate of drug-likeness (QED) is 0.0792. The van der Waals surface area contributed by atoms with Gasteiger partial charge in [-0.2, -0.15) is 0 Å². The molecule has 2 heterocycles. The molecular weight excluding hydrogens is 528 g/mol. The smallest absolute Gasteiger partial charge is 0.305 e. The van der Waals surface area contributed by atoms with E-state index in [2.05, 4.69) is 39.0 Å². The molecule has 0 spiro atoms. The Labute approximate surface area is 248 Å². The fourth-order valence-electron chi connectivity index (χ4n) is 6.13. The van der Waals surface area contributed by atoms with Gasteiger partial charge in [0.15, 0.2) is 12.6 Å². The van der Waals surface area contributed by atoms with Crippen molar-refractivity contribution in [2.24, 2.45) is 17.8 Å². The first-order valence-corrected chi connectivity index (χ1v) is 16.4. The number of halogens is 1. The highest BCUT2D eigenvalue weighted by Gasteiger charge is 2.42. The zero-order chi connectivity index (χ0) is 28.7. The maximum Gasteiger partial charge on any atom is 0.305 e. The van der Waals surface area contributed by atoms with Crippen LogP contribution in [0.3, 0.4) is 0 Å². The van der Waals surface area contributed by atoms with Crippen molar-refractivity contribution in [2.45, 2.75) is 141 Å². The van der Waals surface area contributed by atoms with Crippen LogP contribution in [0.5, 0.6) is 0 Å². The first kappa shape index (κ1) is 33.6. The third-order valence-electron chi connectivity index (χ3n) is 8.63. The lowest BCUT2D eigenvalue weighted by Crippen LogP contribution is -2.32. The van der Waals surface area contributed by atoms with Crippen molar-refractivity contribution in [3.63, 3.8) is 0 Å². The average molecular weight is 583 g/mol. The predicted octanol–water partition coefficient (Wildman–Crippen LogP) is 8.12. The number of methoxy groups -OCH3 is 1. The molecule has 6 nitrogen and oxygen atoms in total. The molecule has 7 heteroatoms. The lowest BCUT2D eigenvalue weighted by atomic mass is 9.88. The number of carbonyl (C=O) groups is 1. The summed E-state index contributed by atoms with van der Waals surface area (Å²) in [6, 6.07) is 0. The van der Waals surface area contributed by atoms with Crippen molar-refractivity contribution in [1.29, 1.82) is 0 Å². The molecule has 1 aliphatic carbocycles. The highest BCUT2D eigenvalue weighted by Crippen LogP contribution is 2.43. The highest BCUT2D eigenvalue weighted by molar-refractivity contribution is 6.21. The van der Waals surface area contributed by atoms with Crippen molar-refractivity contribution >= 4 is 17.6 Å². The lowest BCUT2D eigenvalue weighted by Gasteiger charge is -2.31. The van der Waals surface area contributed by atoms with E-state index in [1.807, 2.05) is 0 Å². The lowest BCUT2D eigenvalue weighted by molar-refractivity contribution is -0.193. The van der Waals surface area contributed by atoms with Gasteiger partial charge >= 0.3 is 5.97 Å². The molecular formula is C33H55ClO6. The van der Waals surface area contributed by atoms with E-state index >= 15 is 0 Å². The van der Waals surface area contributed by atoms with Crippen LogP contribution >= 0.6 is 11.6 Å². The molecule has 8 atom stereocenters. The summed E-state index contributed by atoms with van der Waals surface area (Å²) in [5.74, 6) is 0.768. The van der Waals surface area contributed by atoms with Crippen LogP contribution in [0.1, 0.15) is 111 Å². The van der Waals surface area contributed by atoms with Gasteiger partial charge in [0.1, 0.15) is 0 Å². The van der Waals surface area contributed by atoms with E-state index in [-0.39, 0.29) is 42.1 Å². The molecule has 0 aromatic heterocycles. The molecule has 0 radical (unpaired) electrons. The zero-order valence-electron chi connectivity index (χ0n) is 25.5. The van der Waals surface area contributed by atoms with Gasteiger partial charge in [0.25, 0.3) is 0 Å². The van der Waals surface area contributed by atoms with Crippen molar-refractivity contribution in [3.8, 4) is 0 Å². The Balaban J connectivity index is 1.68. The number of ether oxygens (including phenoxy) is 5. The zero-order valence-corrected chi connectivity index (χ0v) is 26.2. The number of hydrogen-bond donors (Lipinski definition) is 0. The van der Waals surface area contributed by atoms with Gasteiger partial charge in [-0.25, -0.2) is 0 Å². The van der Waals surface area contributed by atoms with Crippen LogP contribution < -0.4 is 0 Å². The molecule has 40 heavy (non-hydrogen) atoms. The second-order valence-corrected chi connectivity index (χ2v) is 12.8. The monoisotopic (exact) mass is 582 g/mol. The summed E-state index contributed by atoms with van der Waals surface area (Å²) in [5, 5.41) is 0.0717. The SMILES string of the molecule is COC(=O)CCCCCC[C@@H]1[C@@H](C=C[C@@H](OC2CCCCO2)C(C)CC=C(C)C)[C@H](OC2CCCCO2)C[C@H]1Cl. The van der Waals surface area contributed by atoms with Crippen molar-refractivity contribution < 1.29 is 28.5 Å². The summed E-state index contributed by atoms with van der Waals surface area (Å²) in [7, 11) is 1.45. The maximum atomic E-state index is 11.4. The van der Waals surface area contributed by atoms with Gasteiger partial charge in [0.05, 0.1) is 19.3 Å². The number of hydrogen-bond acceptors (Lipinski definition) is 6. The van der Waals surface area contributed by atoms with Gasteiger partial charge in [0, 0.05) is 30.9 Å². The predicted molar refractivity (Wildman–Crippen MR) is 160 cm³/mol. The number of alkyl halides is 1. The fourth-order valence-corrected chi connectivity index (χ4v) is 6.60. The minimum Gasteiger partial charge on any atom is -0.469 e. The Morgan fingerprint density at radius 2 is 1.70 bits per heavy atom. The Morgan fingerprint density at radius 3 is 2.35 bits per heavy atom. The summed E-state index contributed by atoms with van der Waals surface area (Å²) in [5.41, 5.74) is 1.33. The fraction of sp³-hybridized carbons (Fsp3) is 0.848. The number of carbonyl (C=O) groups excluding carboxylic acids is 1. The first-order valence-electron chi connectivity index (χ1n) is 15.9. The Morgan fingerprint density at radius 1 is 1.00 bits per heavy atom. The van der Waals surface area contributed by atoms with Crippen LogP contribution in [-0.2, 0) is 28.5 Å². The Kier molecular flexibility index (Phi) is 15.6. The Bertz CT molecular complexity index is 769.